The molecule has 2 aromatic rings. The van der Waals surface area contributed by atoms with Crippen LogP contribution in [-0.2, 0) is 16.1 Å². The summed E-state index contributed by atoms with van der Waals surface area (Å²) in [5.41, 5.74) is 0.734. The second-order valence-electron chi connectivity index (χ2n) is 5.91. The van der Waals surface area contributed by atoms with Gasteiger partial charge in [-0.3, -0.25) is 14.3 Å². The maximum Gasteiger partial charge on any atom is 0.229 e. The molecule has 1 aliphatic heterocycles. The van der Waals surface area contributed by atoms with Gasteiger partial charge in [-0.05, 0) is 18.6 Å². The van der Waals surface area contributed by atoms with E-state index in [0.29, 0.717) is 38.1 Å². The number of benzene rings is 1. The molecule has 0 unspecified atom stereocenters. The van der Waals surface area contributed by atoms with E-state index < -0.39 is 0 Å². The number of aryl methyl sites for hydroxylation is 1. The monoisotopic (exact) mass is 343 g/mol. The van der Waals surface area contributed by atoms with Crippen molar-refractivity contribution in [3.63, 3.8) is 0 Å². The van der Waals surface area contributed by atoms with E-state index >= 15 is 0 Å². The van der Waals surface area contributed by atoms with E-state index in [1.54, 1.807) is 23.0 Å². The predicted molar refractivity (Wildman–Crippen MR) is 91.2 cm³/mol. The van der Waals surface area contributed by atoms with E-state index in [9.17, 15) is 9.59 Å². The number of aromatic nitrogens is 3. The summed E-state index contributed by atoms with van der Waals surface area (Å²) in [5.74, 6) is 0.577. The summed E-state index contributed by atoms with van der Waals surface area (Å²) in [7, 11) is 1.58. The molecule has 0 radical (unpaired) electrons. The van der Waals surface area contributed by atoms with Gasteiger partial charge in [0.05, 0.1) is 18.8 Å². The largest absolute Gasteiger partial charge is 0.495 e. The number of carbonyl (C=O) groups excluding carboxylic acids is 2. The van der Waals surface area contributed by atoms with E-state index in [4.69, 9.17) is 4.74 Å². The fourth-order valence-corrected chi connectivity index (χ4v) is 2.94. The van der Waals surface area contributed by atoms with Crippen molar-refractivity contribution in [3.8, 4) is 5.75 Å². The minimum absolute atomic E-state index is 0.0163. The molecule has 1 N–H and O–H groups in total. The van der Waals surface area contributed by atoms with E-state index in [1.807, 2.05) is 24.3 Å². The minimum atomic E-state index is -0.184. The Balaban J connectivity index is 1.51. The first-order valence-corrected chi connectivity index (χ1v) is 8.22. The van der Waals surface area contributed by atoms with Gasteiger partial charge in [0.2, 0.25) is 11.8 Å². The molecule has 0 aliphatic carbocycles. The van der Waals surface area contributed by atoms with Crippen molar-refractivity contribution in [2.45, 2.75) is 31.8 Å². The molecule has 0 saturated carbocycles. The summed E-state index contributed by atoms with van der Waals surface area (Å²) in [6, 6.07) is 7.20. The SMILES string of the molecule is COc1ccccc1N1C[C@@H](NC(=O)CCCn2cncn2)CC1=O. The zero-order valence-electron chi connectivity index (χ0n) is 14.1. The smallest absolute Gasteiger partial charge is 0.229 e. The highest BCUT2D eigenvalue weighted by molar-refractivity contribution is 5.98. The molecule has 0 bridgehead atoms. The number of anilines is 1. The van der Waals surface area contributed by atoms with Gasteiger partial charge in [-0.2, -0.15) is 5.10 Å². The second-order valence-corrected chi connectivity index (χ2v) is 5.91. The van der Waals surface area contributed by atoms with E-state index in [2.05, 4.69) is 15.4 Å². The molecular weight excluding hydrogens is 322 g/mol. The van der Waals surface area contributed by atoms with Gasteiger partial charge < -0.3 is 15.0 Å². The predicted octanol–water partition coefficient (Wildman–Crippen LogP) is 0.989. The van der Waals surface area contributed by atoms with Crippen LogP contribution < -0.4 is 15.0 Å². The molecule has 132 valence electrons. The minimum Gasteiger partial charge on any atom is -0.495 e. The number of ether oxygens (including phenoxy) is 1. The van der Waals surface area contributed by atoms with Crippen molar-refractivity contribution >= 4 is 17.5 Å². The lowest BCUT2D eigenvalue weighted by molar-refractivity contribution is -0.121. The van der Waals surface area contributed by atoms with Gasteiger partial charge in [-0.1, -0.05) is 12.1 Å². The molecule has 2 amide bonds. The number of nitrogens with one attached hydrogen (secondary N) is 1. The number of para-hydroxylation sites is 2. The number of amides is 2. The van der Waals surface area contributed by atoms with Crippen LogP contribution in [0.15, 0.2) is 36.9 Å². The molecule has 1 atom stereocenters. The van der Waals surface area contributed by atoms with Crippen LogP contribution in [0.1, 0.15) is 19.3 Å². The maximum atomic E-state index is 12.3. The van der Waals surface area contributed by atoms with Crippen LogP contribution in [0.5, 0.6) is 5.75 Å². The Labute approximate surface area is 145 Å². The summed E-state index contributed by atoms with van der Waals surface area (Å²) in [6.45, 7) is 1.10. The first-order valence-electron chi connectivity index (χ1n) is 8.22. The van der Waals surface area contributed by atoms with Crippen molar-refractivity contribution < 1.29 is 14.3 Å². The molecule has 2 heterocycles. The van der Waals surface area contributed by atoms with E-state index in [-0.39, 0.29) is 17.9 Å². The van der Waals surface area contributed by atoms with Crippen molar-refractivity contribution in [2.24, 2.45) is 0 Å². The lowest BCUT2D eigenvalue weighted by atomic mass is 10.2. The number of methoxy groups -OCH3 is 1. The molecule has 8 nitrogen and oxygen atoms in total. The molecule has 1 aliphatic rings. The Morgan fingerprint density at radius 3 is 3.00 bits per heavy atom. The number of carbonyl (C=O) groups is 2. The topological polar surface area (TPSA) is 89.3 Å². The Morgan fingerprint density at radius 2 is 2.24 bits per heavy atom. The second kappa shape index (κ2) is 7.78. The third-order valence-electron chi connectivity index (χ3n) is 4.12. The van der Waals surface area contributed by atoms with E-state index in [0.717, 1.165) is 5.69 Å². The lowest BCUT2D eigenvalue weighted by Gasteiger charge is -2.19. The first-order chi connectivity index (χ1) is 12.2. The zero-order valence-corrected chi connectivity index (χ0v) is 14.1. The highest BCUT2D eigenvalue weighted by atomic mass is 16.5. The molecule has 1 saturated heterocycles. The molecule has 1 fully saturated rings. The number of rotatable bonds is 7. The van der Waals surface area contributed by atoms with Crippen LogP contribution in [0.3, 0.4) is 0 Å². The average Bonchev–Trinajstić information content (AvgIpc) is 3.24. The number of hydrogen-bond donors (Lipinski definition) is 1. The average molecular weight is 343 g/mol. The van der Waals surface area contributed by atoms with Crippen LogP contribution >= 0.6 is 0 Å². The van der Waals surface area contributed by atoms with Crippen molar-refractivity contribution in [1.29, 1.82) is 0 Å². The Kier molecular flexibility index (Phi) is 5.27. The van der Waals surface area contributed by atoms with Crippen molar-refractivity contribution in [2.75, 3.05) is 18.6 Å². The quantitative estimate of drug-likeness (QED) is 0.810. The summed E-state index contributed by atoms with van der Waals surface area (Å²) >= 11 is 0. The third-order valence-corrected chi connectivity index (χ3v) is 4.12. The number of nitrogens with zero attached hydrogens (tertiary/aromatic N) is 4. The van der Waals surface area contributed by atoms with Crippen molar-refractivity contribution in [3.05, 3.63) is 36.9 Å². The molecule has 1 aromatic carbocycles. The maximum absolute atomic E-state index is 12.3. The Bertz CT molecular complexity index is 732. The first kappa shape index (κ1) is 16.9. The normalized spacial score (nSPS) is 16.9. The molecule has 1 aromatic heterocycles. The van der Waals surface area contributed by atoms with Crippen LogP contribution in [-0.4, -0.2) is 46.3 Å². The van der Waals surface area contributed by atoms with Gasteiger partial charge in [-0.25, -0.2) is 4.98 Å². The van der Waals surface area contributed by atoms with Gasteiger partial charge in [-0.15, -0.1) is 0 Å². The van der Waals surface area contributed by atoms with Gasteiger partial charge in [0, 0.05) is 25.9 Å². The van der Waals surface area contributed by atoms with Crippen LogP contribution in [0, 0.1) is 0 Å². The number of hydrogen-bond acceptors (Lipinski definition) is 5. The highest BCUT2D eigenvalue weighted by Gasteiger charge is 2.32. The molecule has 25 heavy (non-hydrogen) atoms. The summed E-state index contributed by atoms with van der Waals surface area (Å²) in [4.78, 5) is 29.9. The van der Waals surface area contributed by atoms with Gasteiger partial charge in [0.1, 0.15) is 18.4 Å². The summed E-state index contributed by atoms with van der Waals surface area (Å²) in [5, 5.41) is 6.94. The van der Waals surface area contributed by atoms with Crippen LogP contribution in [0.25, 0.3) is 0 Å². The third kappa shape index (κ3) is 4.14. The summed E-state index contributed by atoms with van der Waals surface area (Å²) < 4.78 is 7.01. The zero-order chi connectivity index (χ0) is 17.6. The van der Waals surface area contributed by atoms with E-state index in [1.165, 1.54) is 6.33 Å². The van der Waals surface area contributed by atoms with Gasteiger partial charge in [0.15, 0.2) is 0 Å². The summed E-state index contributed by atoms with van der Waals surface area (Å²) in [6.07, 6.45) is 4.45. The standard InChI is InChI=1S/C17H21N5O3/c1-25-15-6-3-2-5-14(15)22-10-13(9-17(22)24)20-16(23)7-4-8-21-12-18-11-19-21/h2-3,5-6,11-13H,4,7-10H2,1H3,(H,20,23)/t13-/m0/s1. The fourth-order valence-electron chi connectivity index (χ4n) is 2.94. The lowest BCUT2D eigenvalue weighted by Crippen LogP contribution is -2.37. The molecule has 3 rings (SSSR count). The molecular formula is C17H21N5O3. The van der Waals surface area contributed by atoms with Gasteiger partial charge in [0.25, 0.3) is 0 Å². The van der Waals surface area contributed by atoms with Gasteiger partial charge >= 0.3 is 0 Å². The Hall–Kier alpha value is -2.90. The van der Waals surface area contributed by atoms with Crippen LogP contribution in [0.4, 0.5) is 5.69 Å². The highest BCUT2D eigenvalue weighted by Crippen LogP contribution is 2.30. The molecule has 0 spiro atoms. The van der Waals surface area contributed by atoms with Crippen LogP contribution in [0.2, 0.25) is 0 Å². The Morgan fingerprint density at radius 1 is 1.40 bits per heavy atom. The molecule has 8 heteroatoms. The van der Waals surface area contributed by atoms with Crippen molar-refractivity contribution in [1.82, 2.24) is 20.1 Å². The fraction of sp³-hybridized carbons (Fsp3) is 0.412.